The van der Waals surface area contributed by atoms with Gasteiger partial charge in [-0.1, -0.05) is 6.07 Å². The van der Waals surface area contributed by atoms with E-state index < -0.39 is 5.97 Å². The number of carbonyl (C=O) groups is 1. The molecule has 0 bridgehead atoms. The van der Waals surface area contributed by atoms with Crippen LogP contribution in [-0.4, -0.2) is 44.7 Å². The zero-order chi connectivity index (χ0) is 18.9. The molecular weight excluding hydrogens is 352 g/mol. The summed E-state index contributed by atoms with van der Waals surface area (Å²) in [7, 11) is 4.59. The third-order valence-electron chi connectivity index (χ3n) is 3.65. The van der Waals surface area contributed by atoms with Crippen LogP contribution in [0.25, 0.3) is 0 Å². The Balaban J connectivity index is 1.90. The topological polar surface area (TPSA) is 84.8 Å². The van der Waals surface area contributed by atoms with Gasteiger partial charge in [0, 0.05) is 37.6 Å². The molecule has 0 spiro atoms. The molecule has 2 rings (SSSR count). The van der Waals surface area contributed by atoms with Gasteiger partial charge in [0.1, 0.15) is 11.3 Å². The molecule has 0 aliphatic heterocycles. The Morgan fingerprint density at radius 1 is 1.31 bits per heavy atom. The smallest absolute Gasteiger partial charge is 0.341 e. The molecule has 0 amide bonds. The Labute approximate surface area is 157 Å². The number of hydrogen-bond acceptors (Lipinski definition) is 6. The van der Waals surface area contributed by atoms with Crippen molar-refractivity contribution >= 4 is 23.3 Å². The van der Waals surface area contributed by atoms with Gasteiger partial charge in [0.15, 0.2) is 5.96 Å². The van der Waals surface area contributed by atoms with E-state index in [1.807, 2.05) is 19.2 Å². The normalized spacial score (nSPS) is 11.2. The number of thiazole rings is 1. The number of esters is 1. The number of aliphatic imine (C=N–C) groups is 1. The average Bonchev–Trinajstić information content (AvgIpc) is 3.08. The van der Waals surface area contributed by atoms with E-state index in [0.29, 0.717) is 23.8 Å². The minimum Gasteiger partial charge on any atom is -0.496 e. The monoisotopic (exact) mass is 376 g/mol. The molecule has 2 N–H and O–H groups in total. The lowest BCUT2D eigenvalue weighted by molar-refractivity contribution is 0.0597. The number of methoxy groups -OCH3 is 2. The summed E-state index contributed by atoms with van der Waals surface area (Å²) in [4.78, 5) is 21.6. The highest BCUT2D eigenvalue weighted by molar-refractivity contribution is 7.11. The van der Waals surface area contributed by atoms with Crippen LogP contribution in [0.15, 0.2) is 29.4 Å². The van der Waals surface area contributed by atoms with Crippen molar-refractivity contribution in [1.82, 2.24) is 15.6 Å². The number of benzene rings is 1. The first-order chi connectivity index (χ1) is 12.6. The van der Waals surface area contributed by atoms with Crippen LogP contribution >= 0.6 is 11.3 Å². The van der Waals surface area contributed by atoms with Gasteiger partial charge in [0.25, 0.3) is 0 Å². The Bertz CT molecular complexity index is 774. The summed E-state index contributed by atoms with van der Waals surface area (Å²) in [5.41, 5.74) is 1.32. The van der Waals surface area contributed by atoms with Crippen LogP contribution in [-0.2, 0) is 17.7 Å². The second kappa shape index (κ2) is 9.76. The van der Waals surface area contributed by atoms with Crippen molar-refractivity contribution in [3.05, 3.63) is 45.4 Å². The Kier molecular flexibility index (Phi) is 7.40. The molecule has 0 aliphatic rings. The summed E-state index contributed by atoms with van der Waals surface area (Å²) in [6.45, 7) is 3.30. The van der Waals surface area contributed by atoms with Gasteiger partial charge in [-0.15, -0.1) is 11.3 Å². The molecule has 0 fully saturated rings. The lowest BCUT2D eigenvalue weighted by Gasteiger charge is -2.13. The van der Waals surface area contributed by atoms with Gasteiger partial charge in [-0.05, 0) is 24.6 Å². The van der Waals surface area contributed by atoms with Crippen LogP contribution in [0.1, 0.15) is 25.8 Å². The predicted octanol–water partition coefficient (Wildman–Crippen LogP) is 2.15. The molecule has 26 heavy (non-hydrogen) atoms. The highest BCUT2D eigenvalue weighted by Crippen LogP contribution is 2.20. The molecule has 0 radical (unpaired) electrons. The first kappa shape index (κ1) is 19.7. The summed E-state index contributed by atoms with van der Waals surface area (Å²) < 4.78 is 10.0. The maximum Gasteiger partial charge on any atom is 0.341 e. The predicted molar refractivity (Wildman–Crippen MR) is 103 cm³/mol. The largest absolute Gasteiger partial charge is 0.496 e. The third kappa shape index (κ3) is 5.45. The SMILES string of the molecule is CN=C(NCCc1ncc(C)s1)NCc1ccc(OC)c(C(=O)OC)c1. The molecule has 8 heteroatoms. The van der Waals surface area contributed by atoms with Crippen molar-refractivity contribution in [3.63, 3.8) is 0 Å². The van der Waals surface area contributed by atoms with E-state index >= 15 is 0 Å². The van der Waals surface area contributed by atoms with Crippen molar-refractivity contribution < 1.29 is 14.3 Å². The van der Waals surface area contributed by atoms with Crippen molar-refractivity contribution in [2.45, 2.75) is 19.9 Å². The molecule has 1 heterocycles. The van der Waals surface area contributed by atoms with E-state index in [0.717, 1.165) is 23.5 Å². The van der Waals surface area contributed by atoms with E-state index in [4.69, 9.17) is 9.47 Å². The van der Waals surface area contributed by atoms with Gasteiger partial charge < -0.3 is 20.1 Å². The maximum absolute atomic E-state index is 11.9. The number of rotatable bonds is 7. The number of aromatic nitrogens is 1. The molecule has 7 nitrogen and oxygen atoms in total. The van der Waals surface area contributed by atoms with Crippen LogP contribution < -0.4 is 15.4 Å². The van der Waals surface area contributed by atoms with Crippen LogP contribution in [0.3, 0.4) is 0 Å². The molecular formula is C18H24N4O3S. The standard InChI is InChI=1S/C18H24N4O3S/c1-12-10-21-16(26-12)7-8-20-18(19-2)22-11-13-5-6-15(24-3)14(9-13)17(23)25-4/h5-6,9-10H,7-8,11H2,1-4H3,(H2,19,20,22). The second-order valence-electron chi connectivity index (χ2n) is 5.49. The number of hydrogen-bond donors (Lipinski definition) is 2. The minimum atomic E-state index is -0.426. The highest BCUT2D eigenvalue weighted by Gasteiger charge is 2.13. The molecule has 0 unspecified atom stereocenters. The molecule has 1 aromatic carbocycles. The first-order valence-electron chi connectivity index (χ1n) is 8.18. The van der Waals surface area contributed by atoms with Crippen molar-refractivity contribution in [2.75, 3.05) is 27.8 Å². The summed E-state index contributed by atoms with van der Waals surface area (Å²) in [6, 6.07) is 5.40. The number of carbonyl (C=O) groups excluding carboxylic acids is 1. The summed E-state index contributed by atoms with van der Waals surface area (Å²) in [6.07, 6.45) is 2.73. The summed E-state index contributed by atoms with van der Waals surface area (Å²) >= 11 is 1.70. The van der Waals surface area contributed by atoms with Gasteiger partial charge in [0.2, 0.25) is 0 Å². The Morgan fingerprint density at radius 3 is 2.73 bits per heavy atom. The van der Waals surface area contributed by atoms with Gasteiger partial charge in [-0.3, -0.25) is 4.99 Å². The second-order valence-corrected chi connectivity index (χ2v) is 6.81. The number of ether oxygens (including phenoxy) is 2. The number of guanidine groups is 1. The van der Waals surface area contributed by atoms with Gasteiger partial charge in [0.05, 0.1) is 19.2 Å². The average molecular weight is 376 g/mol. The van der Waals surface area contributed by atoms with Crippen LogP contribution in [0.2, 0.25) is 0 Å². The Morgan fingerprint density at radius 2 is 2.12 bits per heavy atom. The van der Waals surface area contributed by atoms with E-state index in [-0.39, 0.29) is 0 Å². The van der Waals surface area contributed by atoms with Gasteiger partial charge in [-0.25, -0.2) is 9.78 Å². The van der Waals surface area contributed by atoms with E-state index in [9.17, 15) is 4.79 Å². The number of nitrogens with one attached hydrogen (secondary N) is 2. The fourth-order valence-corrected chi connectivity index (χ4v) is 3.13. The number of nitrogens with zero attached hydrogens (tertiary/aromatic N) is 2. The van der Waals surface area contributed by atoms with Crippen molar-refractivity contribution in [3.8, 4) is 5.75 Å². The molecule has 0 saturated carbocycles. The molecule has 1 aromatic heterocycles. The Hall–Kier alpha value is -2.61. The van der Waals surface area contributed by atoms with Gasteiger partial charge >= 0.3 is 5.97 Å². The zero-order valence-corrected chi connectivity index (χ0v) is 16.3. The van der Waals surface area contributed by atoms with Crippen LogP contribution in [0, 0.1) is 6.92 Å². The first-order valence-corrected chi connectivity index (χ1v) is 9.00. The highest BCUT2D eigenvalue weighted by atomic mass is 32.1. The zero-order valence-electron chi connectivity index (χ0n) is 15.5. The van der Waals surface area contributed by atoms with Crippen LogP contribution in [0.4, 0.5) is 0 Å². The molecule has 140 valence electrons. The molecule has 0 saturated heterocycles. The maximum atomic E-state index is 11.9. The lowest BCUT2D eigenvalue weighted by Crippen LogP contribution is -2.37. The van der Waals surface area contributed by atoms with Gasteiger partial charge in [-0.2, -0.15) is 0 Å². The minimum absolute atomic E-state index is 0.399. The van der Waals surface area contributed by atoms with E-state index in [2.05, 4.69) is 20.6 Å². The third-order valence-corrected chi connectivity index (χ3v) is 4.63. The quantitative estimate of drug-likeness (QED) is 0.438. The molecule has 0 aliphatic carbocycles. The summed E-state index contributed by atoms with van der Waals surface area (Å²) in [5.74, 6) is 0.750. The lowest BCUT2D eigenvalue weighted by atomic mass is 10.1. The molecule has 2 aromatic rings. The fourth-order valence-electron chi connectivity index (χ4n) is 2.35. The fraction of sp³-hybridized carbons (Fsp3) is 0.389. The van der Waals surface area contributed by atoms with E-state index in [1.165, 1.54) is 19.1 Å². The number of aryl methyl sites for hydroxylation is 1. The van der Waals surface area contributed by atoms with Crippen LogP contribution in [0.5, 0.6) is 5.75 Å². The van der Waals surface area contributed by atoms with E-state index in [1.54, 1.807) is 30.5 Å². The summed E-state index contributed by atoms with van der Waals surface area (Å²) in [5, 5.41) is 7.59. The van der Waals surface area contributed by atoms with Crippen molar-refractivity contribution in [2.24, 2.45) is 4.99 Å². The van der Waals surface area contributed by atoms with Crippen molar-refractivity contribution in [1.29, 1.82) is 0 Å². The molecule has 0 atom stereocenters.